The highest BCUT2D eigenvalue weighted by Crippen LogP contribution is 2.31. The van der Waals surface area contributed by atoms with Crippen molar-refractivity contribution in [2.45, 2.75) is 18.9 Å². The van der Waals surface area contributed by atoms with Crippen molar-refractivity contribution in [3.63, 3.8) is 0 Å². The topological polar surface area (TPSA) is 93.3 Å². The van der Waals surface area contributed by atoms with E-state index in [2.05, 4.69) is 14.7 Å². The summed E-state index contributed by atoms with van der Waals surface area (Å²) in [5.41, 5.74) is 0.386. The summed E-state index contributed by atoms with van der Waals surface area (Å²) in [5, 5.41) is -0.00524. The third-order valence-corrected chi connectivity index (χ3v) is 3.86. The number of nitrogens with one attached hydrogen (secondary N) is 2. The van der Waals surface area contributed by atoms with Crippen LogP contribution in [-0.4, -0.2) is 31.6 Å². The van der Waals surface area contributed by atoms with E-state index in [1.807, 2.05) is 13.8 Å². The molecule has 0 aliphatic heterocycles. The number of aromatic nitrogens is 2. The molecular weight excluding hydrogens is 294 g/mol. The predicted molar refractivity (Wildman–Crippen MR) is 78.2 cm³/mol. The van der Waals surface area contributed by atoms with Gasteiger partial charge in [0.25, 0.3) is 10.0 Å². The van der Waals surface area contributed by atoms with Crippen LogP contribution in [0.1, 0.15) is 13.8 Å². The van der Waals surface area contributed by atoms with Gasteiger partial charge in [-0.1, -0.05) is 0 Å². The number of hydrogen-bond donors (Lipinski definition) is 2. The lowest BCUT2D eigenvalue weighted by molar-refractivity contribution is 0.288. The number of ether oxygens (including phenoxy) is 2. The largest absolute Gasteiger partial charge is 0.490 e. The number of sulfonamides is 1. The predicted octanol–water partition coefficient (Wildman–Crippen LogP) is 2.01. The Morgan fingerprint density at radius 3 is 2.52 bits per heavy atom. The molecule has 0 atom stereocenters. The van der Waals surface area contributed by atoms with E-state index in [4.69, 9.17) is 9.47 Å². The van der Waals surface area contributed by atoms with Gasteiger partial charge >= 0.3 is 0 Å². The van der Waals surface area contributed by atoms with Gasteiger partial charge in [0.1, 0.15) is 0 Å². The average Bonchev–Trinajstić information content (AvgIpc) is 2.97. The molecule has 0 fully saturated rings. The van der Waals surface area contributed by atoms with Crippen molar-refractivity contribution in [1.29, 1.82) is 0 Å². The number of aromatic amines is 1. The maximum absolute atomic E-state index is 12.1. The molecule has 0 aliphatic carbocycles. The summed E-state index contributed by atoms with van der Waals surface area (Å²) in [7, 11) is -3.69. The zero-order valence-electron chi connectivity index (χ0n) is 11.8. The number of hydrogen-bond acceptors (Lipinski definition) is 5. The lowest BCUT2D eigenvalue weighted by atomic mass is 10.3. The van der Waals surface area contributed by atoms with Crippen LogP contribution >= 0.6 is 0 Å². The highest BCUT2D eigenvalue weighted by molar-refractivity contribution is 7.92. The molecule has 0 spiro atoms. The molecule has 0 radical (unpaired) electrons. The molecule has 0 aliphatic rings. The summed E-state index contributed by atoms with van der Waals surface area (Å²) in [5.74, 6) is 1.06. The minimum absolute atomic E-state index is 0.00524. The van der Waals surface area contributed by atoms with Gasteiger partial charge in [0.15, 0.2) is 16.5 Å². The lowest BCUT2D eigenvalue weighted by Crippen LogP contribution is -2.13. The fourth-order valence-electron chi connectivity index (χ4n) is 1.71. The summed E-state index contributed by atoms with van der Waals surface area (Å²) >= 11 is 0. The molecular formula is C13H17N3O4S. The standard InChI is InChI=1S/C13H17N3O4S/c1-3-19-11-6-5-10(7-12(11)20-4-2)16-21(17,18)13-8-14-9-15-13/h5-9,16H,3-4H2,1-2H3,(H,14,15). The van der Waals surface area contributed by atoms with Crippen LogP contribution in [0.25, 0.3) is 0 Å². The van der Waals surface area contributed by atoms with Crippen LogP contribution in [0.3, 0.4) is 0 Å². The van der Waals surface area contributed by atoms with Gasteiger partial charge < -0.3 is 14.5 Å². The van der Waals surface area contributed by atoms with E-state index < -0.39 is 10.0 Å². The van der Waals surface area contributed by atoms with Gasteiger partial charge in [-0.05, 0) is 26.0 Å². The maximum Gasteiger partial charge on any atom is 0.278 e. The molecule has 2 aromatic rings. The molecule has 0 saturated carbocycles. The van der Waals surface area contributed by atoms with E-state index in [9.17, 15) is 8.42 Å². The summed E-state index contributed by atoms with van der Waals surface area (Å²) in [4.78, 5) is 6.25. The Balaban J connectivity index is 2.26. The molecule has 8 heteroatoms. The Kier molecular flexibility index (Phi) is 4.69. The van der Waals surface area contributed by atoms with Crippen molar-refractivity contribution in [3.05, 3.63) is 30.7 Å². The van der Waals surface area contributed by atoms with Gasteiger partial charge in [-0.2, -0.15) is 8.42 Å². The Bertz CT molecular complexity index is 683. The van der Waals surface area contributed by atoms with Crippen LogP contribution in [-0.2, 0) is 10.0 Å². The number of nitrogens with zero attached hydrogens (tertiary/aromatic N) is 1. The minimum atomic E-state index is -3.69. The van der Waals surface area contributed by atoms with Gasteiger partial charge in [-0.25, -0.2) is 4.98 Å². The van der Waals surface area contributed by atoms with Crippen molar-refractivity contribution in [2.75, 3.05) is 17.9 Å². The zero-order valence-corrected chi connectivity index (χ0v) is 12.6. The van der Waals surface area contributed by atoms with Crippen LogP contribution in [0.15, 0.2) is 35.7 Å². The van der Waals surface area contributed by atoms with E-state index in [0.717, 1.165) is 0 Å². The van der Waals surface area contributed by atoms with Crippen LogP contribution in [0.2, 0.25) is 0 Å². The summed E-state index contributed by atoms with van der Waals surface area (Å²) in [6.45, 7) is 4.66. The highest BCUT2D eigenvalue weighted by Gasteiger charge is 2.16. The Labute approximate surface area is 123 Å². The van der Waals surface area contributed by atoms with Gasteiger partial charge in [-0.3, -0.25) is 4.72 Å². The van der Waals surface area contributed by atoms with Crippen molar-refractivity contribution >= 4 is 15.7 Å². The second-order valence-electron chi connectivity index (χ2n) is 4.05. The number of benzene rings is 1. The van der Waals surface area contributed by atoms with Gasteiger partial charge in [0.05, 0.1) is 31.4 Å². The third kappa shape index (κ3) is 3.66. The highest BCUT2D eigenvalue weighted by atomic mass is 32.2. The van der Waals surface area contributed by atoms with E-state index in [1.54, 1.807) is 18.2 Å². The smallest absolute Gasteiger partial charge is 0.278 e. The molecule has 1 aromatic heterocycles. The summed E-state index contributed by atoms with van der Waals surface area (Å²) in [6, 6.07) is 4.86. The van der Waals surface area contributed by atoms with Crippen molar-refractivity contribution in [1.82, 2.24) is 9.97 Å². The van der Waals surface area contributed by atoms with Crippen LogP contribution < -0.4 is 14.2 Å². The molecule has 1 aromatic carbocycles. The zero-order chi connectivity index (χ0) is 15.3. The molecule has 2 N–H and O–H groups in total. The molecule has 0 unspecified atom stereocenters. The fraction of sp³-hybridized carbons (Fsp3) is 0.308. The molecule has 0 saturated heterocycles. The molecule has 7 nitrogen and oxygen atoms in total. The number of imidazole rings is 1. The second-order valence-corrected chi connectivity index (χ2v) is 5.70. The first kappa shape index (κ1) is 15.2. The Hall–Kier alpha value is -2.22. The van der Waals surface area contributed by atoms with Crippen molar-refractivity contribution in [2.24, 2.45) is 0 Å². The Morgan fingerprint density at radius 1 is 1.19 bits per heavy atom. The lowest BCUT2D eigenvalue weighted by Gasteiger charge is -2.13. The first-order valence-electron chi connectivity index (χ1n) is 6.47. The van der Waals surface area contributed by atoms with Crippen LogP contribution in [0.5, 0.6) is 11.5 Å². The first-order valence-corrected chi connectivity index (χ1v) is 7.96. The second kappa shape index (κ2) is 6.49. The Morgan fingerprint density at radius 2 is 1.90 bits per heavy atom. The van der Waals surface area contributed by atoms with Gasteiger partial charge in [0.2, 0.25) is 0 Å². The SMILES string of the molecule is CCOc1ccc(NS(=O)(=O)c2cnc[nH]2)cc1OCC. The molecule has 2 rings (SSSR count). The quantitative estimate of drug-likeness (QED) is 0.816. The van der Waals surface area contributed by atoms with Gasteiger partial charge in [-0.15, -0.1) is 0 Å². The van der Waals surface area contributed by atoms with E-state index >= 15 is 0 Å². The van der Waals surface area contributed by atoms with E-state index in [0.29, 0.717) is 30.4 Å². The number of anilines is 1. The fourth-order valence-corrected chi connectivity index (χ4v) is 2.67. The summed E-state index contributed by atoms with van der Waals surface area (Å²) in [6.07, 6.45) is 2.54. The van der Waals surface area contributed by atoms with Gasteiger partial charge in [0, 0.05) is 6.07 Å². The van der Waals surface area contributed by atoms with E-state index in [-0.39, 0.29) is 5.03 Å². The third-order valence-electron chi connectivity index (χ3n) is 2.56. The van der Waals surface area contributed by atoms with Crippen molar-refractivity contribution < 1.29 is 17.9 Å². The van der Waals surface area contributed by atoms with Crippen molar-refractivity contribution in [3.8, 4) is 11.5 Å². The molecule has 114 valence electrons. The molecule has 0 amide bonds. The number of rotatable bonds is 7. The first-order chi connectivity index (χ1) is 10.1. The van der Waals surface area contributed by atoms with Crippen LogP contribution in [0, 0.1) is 0 Å². The monoisotopic (exact) mass is 311 g/mol. The molecule has 21 heavy (non-hydrogen) atoms. The minimum Gasteiger partial charge on any atom is -0.490 e. The number of H-pyrrole nitrogens is 1. The molecule has 1 heterocycles. The summed E-state index contributed by atoms with van der Waals surface area (Å²) < 4.78 is 37.5. The normalized spacial score (nSPS) is 11.1. The van der Waals surface area contributed by atoms with Crippen LogP contribution in [0.4, 0.5) is 5.69 Å². The molecule has 0 bridgehead atoms. The average molecular weight is 311 g/mol. The maximum atomic E-state index is 12.1. The van der Waals surface area contributed by atoms with E-state index in [1.165, 1.54) is 12.5 Å².